The number of anilines is 2. The fraction of sp³-hybridized carbons (Fsp3) is 0.458. The van der Waals surface area contributed by atoms with Crippen LogP contribution in [-0.2, 0) is 6.42 Å². The average molecular weight is 437 g/mol. The van der Waals surface area contributed by atoms with Crippen molar-refractivity contribution in [2.24, 2.45) is 0 Å². The molecular weight excluding hydrogens is 407 g/mol. The molecule has 1 saturated heterocycles. The number of imidazole rings is 1. The van der Waals surface area contributed by atoms with Gasteiger partial charge in [0, 0.05) is 48.3 Å². The number of hydrogen-bond acceptors (Lipinski definition) is 4. The lowest BCUT2D eigenvalue weighted by atomic mass is 9.82. The topological polar surface area (TPSA) is 74.6 Å². The van der Waals surface area contributed by atoms with Gasteiger partial charge in [-0.15, -0.1) is 0 Å². The van der Waals surface area contributed by atoms with Crippen LogP contribution in [0.15, 0.2) is 24.7 Å². The van der Waals surface area contributed by atoms with E-state index in [0.29, 0.717) is 41.6 Å². The fourth-order valence-electron chi connectivity index (χ4n) is 5.38. The van der Waals surface area contributed by atoms with E-state index in [1.54, 1.807) is 28.6 Å². The van der Waals surface area contributed by atoms with Crippen molar-refractivity contribution in [2.45, 2.75) is 65.0 Å². The van der Waals surface area contributed by atoms with Gasteiger partial charge in [-0.25, -0.2) is 19.2 Å². The number of fused-ring (bicyclic) bond motifs is 2. The zero-order valence-electron chi connectivity index (χ0n) is 18.9. The van der Waals surface area contributed by atoms with Crippen LogP contribution in [0.2, 0.25) is 0 Å². The molecule has 1 fully saturated rings. The summed E-state index contributed by atoms with van der Waals surface area (Å²) in [4.78, 5) is 23.7. The van der Waals surface area contributed by atoms with E-state index >= 15 is 0 Å². The summed E-state index contributed by atoms with van der Waals surface area (Å²) < 4.78 is 16.7. The first-order valence-electron chi connectivity index (χ1n) is 11.3. The summed E-state index contributed by atoms with van der Waals surface area (Å²) in [5.74, 6) is 0.679. The van der Waals surface area contributed by atoms with Gasteiger partial charge in [0.25, 0.3) is 0 Å². The summed E-state index contributed by atoms with van der Waals surface area (Å²) in [6.45, 7) is 8.51. The molecule has 7 nitrogen and oxygen atoms in total. The molecule has 8 heteroatoms. The molecule has 0 radical (unpaired) electrons. The second-order valence-corrected chi connectivity index (χ2v) is 9.27. The van der Waals surface area contributed by atoms with Crippen LogP contribution in [-0.4, -0.2) is 39.0 Å². The van der Waals surface area contributed by atoms with Gasteiger partial charge >= 0.3 is 6.03 Å². The van der Waals surface area contributed by atoms with Crippen molar-refractivity contribution >= 4 is 23.2 Å². The van der Waals surface area contributed by atoms with Gasteiger partial charge in [0.1, 0.15) is 11.5 Å². The highest BCUT2D eigenvalue weighted by Crippen LogP contribution is 2.38. The molecule has 1 unspecified atom stereocenters. The molecular formula is C24H29FN6O. The monoisotopic (exact) mass is 436 g/mol. The van der Waals surface area contributed by atoms with Crippen molar-refractivity contribution in [3.05, 3.63) is 52.9 Å². The molecule has 0 aromatic carbocycles. The van der Waals surface area contributed by atoms with Crippen LogP contribution < -0.4 is 15.5 Å². The number of carbonyl (C=O) groups is 1. The van der Waals surface area contributed by atoms with E-state index in [1.807, 2.05) is 13.1 Å². The number of rotatable bonds is 2. The lowest BCUT2D eigenvalue weighted by molar-refractivity contribution is 0.257. The standard InChI is InChI=1S/C24H29FN6O/c1-13-9-17(10-14(2)27-13)18-5-7-26-23-19(18)6-8-31(23)24(32)29-20-12-30-11-15(3)28-22(30)16(4)21(20)25/h5,7,11-14,17,27H,6,8-10H2,1-4H3,(H,29,32)/t13-,14+,17?. The van der Waals surface area contributed by atoms with Crippen LogP contribution >= 0.6 is 0 Å². The molecule has 5 rings (SSSR count). The van der Waals surface area contributed by atoms with E-state index in [1.165, 1.54) is 5.56 Å². The van der Waals surface area contributed by atoms with Crippen molar-refractivity contribution in [1.29, 1.82) is 0 Å². The molecule has 2 amide bonds. The zero-order valence-corrected chi connectivity index (χ0v) is 18.9. The minimum atomic E-state index is -0.463. The predicted octanol–water partition coefficient (Wildman–Crippen LogP) is 4.32. The molecule has 2 aliphatic rings. The van der Waals surface area contributed by atoms with Crippen molar-refractivity contribution in [3.8, 4) is 0 Å². The Morgan fingerprint density at radius 3 is 2.72 bits per heavy atom. The van der Waals surface area contributed by atoms with Crippen molar-refractivity contribution in [2.75, 3.05) is 16.8 Å². The molecule has 0 saturated carbocycles. The van der Waals surface area contributed by atoms with Gasteiger partial charge < -0.3 is 15.0 Å². The number of piperidine rings is 1. The number of pyridine rings is 2. The number of nitrogens with one attached hydrogen (secondary N) is 2. The minimum absolute atomic E-state index is 0.142. The number of aryl methyl sites for hydroxylation is 2. The highest BCUT2D eigenvalue weighted by molar-refractivity contribution is 6.02. The number of carbonyl (C=O) groups excluding carboxylic acids is 1. The number of amides is 2. The first-order chi connectivity index (χ1) is 15.3. The Morgan fingerprint density at radius 2 is 1.97 bits per heavy atom. The van der Waals surface area contributed by atoms with Gasteiger partial charge in [-0.05, 0) is 64.5 Å². The zero-order chi connectivity index (χ0) is 22.6. The highest BCUT2D eigenvalue weighted by Gasteiger charge is 2.33. The molecule has 3 aromatic rings. The van der Waals surface area contributed by atoms with Crippen molar-refractivity contribution in [1.82, 2.24) is 19.7 Å². The summed E-state index contributed by atoms with van der Waals surface area (Å²) in [6.07, 6.45) is 8.09. The molecule has 3 atom stereocenters. The summed E-state index contributed by atoms with van der Waals surface area (Å²) in [6, 6.07) is 2.66. The van der Waals surface area contributed by atoms with Gasteiger partial charge in [0.15, 0.2) is 5.82 Å². The summed E-state index contributed by atoms with van der Waals surface area (Å²) in [5, 5.41) is 6.35. The van der Waals surface area contributed by atoms with E-state index in [2.05, 4.69) is 40.5 Å². The summed E-state index contributed by atoms with van der Waals surface area (Å²) >= 11 is 0. The van der Waals surface area contributed by atoms with Crippen molar-refractivity contribution < 1.29 is 9.18 Å². The van der Waals surface area contributed by atoms with E-state index in [-0.39, 0.29) is 11.7 Å². The Morgan fingerprint density at radius 1 is 1.22 bits per heavy atom. The molecule has 32 heavy (non-hydrogen) atoms. The number of halogens is 1. The van der Waals surface area contributed by atoms with Crippen LogP contribution in [0, 0.1) is 19.7 Å². The van der Waals surface area contributed by atoms with E-state index in [0.717, 1.165) is 30.5 Å². The van der Waals surface area contributed by atoms with Gasteiger partial charge in [0.05, 0.1) is 11.4 Å². The third-order valence-corrected chi connectivity index (χ3v) is 6.70. The van der Waals surface area contributed by atoms with Gasteiger partial charge in [0.2, 0.25) is 0 Å². The Kier molecular flexibility index (Phi) is 5.12. The maximum atomic E-state index is 15.0. The second-order valence-electron chi connectivity index (χ2n) is 9.27. The molecule has 168 valence electrons. The van der Waals surface area contributed by atoms with Crippen LogP contribution in [0.3, 0.4) is 0 Å². The van der Waals surface area contributed by atoms with E-state index in [4.69, 9.17) is 0 Å². The molecule has 0 bridgehead atoms. The van der Waals surface area contributed by atoms with Crippen LogP contribution in [0.4, 0.5) is 20.7 Å². The SMILES string of the molecule is Cc1cn2cc(NC(=O)N3CCc4c(C5C[C@@H](C)N[C@@H](C)C5)ccnc43)c(F)c(C)c2n1. The Bertz CT molecular complexity index is 1190. The summed E-state index contributed by atoms with van der Waals surface area (Å²) in [7, 11) is 0. The maximum Gasteiger partial charge on any atom is 0.327 e. The van der Waals surface area contributed by atoms with Crippen LogP contribution in [0.25, 0.3) is 5.65 Å². The Balaban J connectivity index is 1.42. The maximum absolute atomic E-state index is 15.0. The molecule has 0 aliphatic carbocycles. The van der Waals surface area contributed by atoms with Crippen molar-refractivity contribution in [3.63, 3.8) is 0 Å². The smallest absolute Gasteiger partial charge is 0.312 e. The van der Waals surface area contributed by atoms with E-state index < -0.39 is 5.82 Å². The minimum Gasteiger partial charge on any atom is -0.312 e. The third-order valence-electron chi connectivity index (χ3n) is 6.70. The normalized spacial score (nSPS) is 22.9. The first-order valence-corrected chi connectivity index (χ1v) is 11.3. The lowest BCUT2D eigenvalue weighted by Gasteiger charge is -2.34. The largest absolute Gasteiger partial charge is 0.327 e. The fourth-order valence-corrected chi connectivity index (χ4v) is 5.38. The van der Waals surface area contributed by atoms with E-state index in [9.17, 15) is 9.18 Å². The number of urea groups is 1. The summed E-state index contributed by atoms with van der Waals surface area (Å²) in [5.41, 5.74) is 4.34. The molecule has 2 aliphatic heterocycles. The van der Waals surface area contributed by atoms with Gasteiger partial charge in [-0.2, -0.15) is 0 Å². The third kappa shape index (κ3) is 3.52. The Hall–Kier alpha value is -3.00. The number of nitrogens with zero attached hydrogens (tertiary/aromatic N) is 4. The number of aromatic nitrogens is 3. The quantitative estimate of drug-likeness (QED) is 0.627. The second kappa shape index (κ2) is 7.85. The number of hydrogen-bond donors (Lipinski definition) is 2. The lowest BCUT2D eigenvalue weighted by Crippen LogP contribution is -2.41. The Labute approximate surface area is 187 Å². The molecule has 0 spiro atoms. The van der Waals surface area contributed by atoms with Crippen LogP contribution in [0.5, 0.6) is 0 Å². The van der Waals surface area contributed by atoms with Gasteiger partial charge in [-0.1, -0.05) is 0 Å². The van der Waals surface area contributed by atoms with Crippen LogP contribution in [0.1, 0.15) is 55.0 Å². The van der Waals surface area contributed by atoms with Gasteiger partial charge in [-0.3, -0.25) is 4.90 Å². The highest BCUT2D eigenvalue weighted by atomic mass is 19.1. The molecule has 5 heterocycles. The average Bonchev–Trinajstić information content (AvgIpc) is 3.34. The predicted molar refractivity (Wildman–Crippen MR) is 123 cm³/mol. The molecule has 3 aromatic heterocycles. The first kappa shape index (κ1) is 20.9. The molecule has 2 N–H and O–H groups in total.